The summed E-state index contributed by atoms with van der Waals surface area (Å²) in [5.74, 6) is -9.61. The van der Waals surface area contributed by atoms with E-state index >= 15 is 0 Å². The first-order valence-corrected chi connectivity index (χ1v) is 42.9. The minimum Gasteiger partial charge on any atom is -0.322 e. The summed E-state index contributed by atoms with van der Waals surface area (Å²) in [5, 5.41) is 19.8. The van der Waals surface area contributed by atoms with Crippen LogP contribution in [0.2, 0.25) is 0 Å². The number of hydrogen-bond acceptors (Lipinski definition) is 13. The van der Waals surface area contributed by atoms with Gasteiger partial charge in [0.25, 0.3) is 23.6 Å². The summed E-state index contributed by atoms with van der Waals surface area (Å²) in [6.07, 6.45) is 9.07. The van der Waals surface area contributed by atoms with Crippen molar-refractivity contribution in [3.8, 4) is 89.8 Å². The van der Waals surface area contributed by atoms with Crippen LogP contribution in [0, 0.1) is 95.0 Å². The Balaban J connectivity index is 0.000000134. The number of nitrogens with one attached hydrogen (secondary N) is 4. The first-order chi connectivity index (χ1) is 66.9. The monoisotopic (exact) mass is 1890 g/mol. The second kappa shape index (κ2) is 40.4. The molecule has 0 atom stereocenters. The third kappa shape index (κ3) is 20.0. The van der Waals surface area contributed by atoms with E-state index < -0.39 is 69.9 Å². The van der Waals surface area contributed by atoms with Crippen molar-refractivity contribution in [1.29, 1.82) is 0 Å². The Morgan fingerprint density at radius 1 is 0.314 bits per heavy atom. The van der Waals surface area contributed by atoms with Crippen LogP contribution in [-0.4, -0.2) is 86.5 Å². The number of carbonyl (C=O) groups excluding carboxylic acids is 4. The molecule has 0 unspecified atom stereocenters. The van der Waals surface area contributed by atoms with Gasteiger partial charge in [0, 0.05) is 109 Å². The van der Waals surface area contributed by atoms with Crippen molar-refractivity contribution < 1.29 is 67.5 Å². The highest BCUT2D eigenvalue weighted by molar-refractivity contribution is 6.08. The third-order valence-electron chi connectivity index (χ3n) is 22.7. The number of hydrogen-bond donors (Lipinski definition) is 4. The lowest BCUT2D eigenvalue weighted by Crippen LogP contribution is -2.21. The molecule has 0 saturated heterocycles. The molecule has 0 aliphatic heterocycles. The largest absolute Gasteiger partial charge is 0.418 e. The fourth-order valence-electron chi connectivity index (χ4n) is 15.4. The van der Waals surface area contributed by atoms with Gasteiger partial charge in [0.2, 0.25) is 0 Å². The number of imidazole rings is 3. The van der Waals surface area contributed by atoms with E-state index in [2.05, 4.69) is 66.4 Å². The number of amides is 4. The summed E-state index contributed by atoms with van der Waals surface area (Å²) >= 11 is 0. The van der Waals surface area contributed by atoms with Crippen LogP contribution in [0.5, 0.6) is 0 Å². The molecule has 12 heterocycles. The molecule has 0 radical (unpaired) electrons. The number of rotatable bonds is 16. The maximum Gasteiger partial charge on any atom is 0.418 e. The fourth-order valence-corrected chi connectivity index (χ4v) is 15.4. The normalized spacial score (nSPS) is 11.1. The van der Waals surface area contributed by atoms with Crippen molar-refractivity contribution in [3.63, 3.8) is 0 Å². The van der Waals surface area contributed by atoms with E-state index in [0.717, 1.165) is 64.2 Å². The van der Waals surface area contributed by atoms with Crippen LogP contribution in [0.1, 0.15) is 93.9 Å². The molecular weight excluding hydrogens is 1810 g/mol. The molecule has 4 amide bonds. The van der Waals surface area contributed by atoms with E-state index in [0.29, 0.717) is 124 Å². The molecule has 0 bridgehead atoms. The molecule has 32 heteroatoms. The summed E-state index contributed by atoms with van der Waals surface area (Å²) in [7, 11) is 0. The van der Waals surface area contributed by atoms with Crippen molar-refractivity contribution in [3.05, 3.63) is 424 Å². The topological polar surface area (TPSA) is 250 Å². The average Bonchev–Trinajstić information content (AvgIpc) is 1.58. The lowest BCUT2D eigenvalue weighted by molar-refractivity contribution is -0.138. The molecule has 21 nitrogen and oxygen atoms in total. The van der Waals surface area contributed by atoms with Gasteiger partial charge < -0.3 is 21.3 Å². The molecule has 0 aliphatic carbocycles. The van der Waals surface area contributed by atoms with Gasteiger partial charge in [-0.1, -0.05) is 121 Å². The van der Waals surface area contributed by atoms with Crippen molar-refractivity contribution in [1.82, 2.24) is 62.9 Å². The molecule has 20 rings (SSSR count). The summed E-state index contributed by atoms with van der Waals surface area (Å²) < 4.78 is 160. The smallest absolute Gasteiger partial charge is 0.322 e. The highest BCUT2D eigenvalue weighted by Crippen LogP contribution is 2.39. The molecule has 12 aromatic heterocycles. The van der Waals surface area contributed by atoms with Crippen LogP contribution in [0.3, 0.4) is 0 Å². The Labute approximate surface area is 792 Å². The highest BCUT2D eigenvalue weighted by Gasteiger charge is 2.37. The van der Waals surface area contributed by atoms with Crippen molar-refractivity contribution in [2.24, 2.45) is 0 Å². The Hall–Kier alpha value is -17.8. The van der Waals surface area contributed by atoms with Crippen LogP contribution in [-0.2, 0) is 6.18 Å². The zero-order chi connectivity index (χ0) is 97.8. The van der Waals surface area contributed by atoms with E-state index in [9.17, 15) is 67.5 Å². The summed E-state index contributed by atoms with van der Waals surface area (Å²) in [6, 6.07) is 67.9. The molecule has 0 aliphatic rings. The number of benzene rings is 8. The highest BCUT2D eigenvalue weighted by atomic mass is 19.4. The van der Waals surface area contributed by atoms with E-state index in [1.54, 1.807) is 120 Å². The van der Waals surface area contributed by atoms with Gasteiger partial charge in [0.1, 0.15) is 22.7 Å². The minimum absolute atomic E-state index is 0. The zero-order valence-corrected chi connectivity index (χ0v) is 74.5. The Bertz CT molecular complexity index is 7610. The fraction of sp³-hybridized carbons (Fsp3) is 0.0833. The second-order valence-electron chi connectivity index (χ2n) is 32.3. The second-order valence-corrected chi connectivity index (χ2v) is 32.3. The van der Waals surface area contributed by atoms with Crippen LogP contribution in [0.25, 0.3) is 112 Å². The SMILES string of the molecule is C.Cc1ccc(NC(=O)c2cc(-c3cccc4c(-c5cccc(F)c5F)cnn34)cnc2C)cc1.Cc1ccc(NC(=O)c2cc(-c3ccnn4c(-c5cccc(F)c5F)cnc34)cnc2C)cc1.Cc1ccc(NC(=O)c2nc(-c3cccn4c(-c5cccc(F)c5F)cnc34)ccc2C(F)(F)F)cc1.Cc1ccc(NC(=O)c2nc(-c3cccn4c(-c5cccc(F)c5F)cnc34)ccc2C)cc1. The zero-order valence-electron chi connectivity index (χ0n) is 74.5. The van der Waals surface area contributed by atoms with E-state index in [1.807, 2.05) is 132 Å². The summed E-state index contributed by atoms with van der Waals surface area (Å²) in [5.41, 5.74) is 15.2. The molecular formula is C108H80F11N17O4. The maximum atomic E-state index is 14.4. The van der Waals surface area contributed by atoms with Crippen molar-refractivity contribution >= 4 is 68.8 Å². The third-order valence-corrected chi connectivity index (χ3v) is 22.7. The van der Waals surface area contributed by atoms with Gasteiger partial charge in [-0.2, -0.15) is 23.4 Å². The number of fused-ring (bicyclic) bond motifs is 4. The van der Waals surface area contributed by atoms with Gasteiger partial charge in [0.05, 0.1) is 92.5 Å². The Kier molecular flexibility index (Phi) is 27.5. The van der Waals surface area contributed by atoms with Crippen molar-refractivity contribution in [2.75, 3.05) is 21.3 Å². The number of aromatic nitrogens is 13. The first-order valence-electron chi connectivity index (χ1n) is 42.9. The Morgan fingerprint density at radius 3 is 1.17 bits per heavy atom. The number of anilines is 4. The number of aryl methyl sites for hydroxylation is 7. The first kappa shape index (κ1) is 95.3. The molecule has 698 valence electrons. The van der Waals surface area contributed by atoms with Gasteiger partial charge in [-0.25, -0.2) is 69.1 Å². The van der Waals surface area contributed by atoms with E-state index in [-0.39, 0.29) is 64.4 Å². The predicted octanol–water partition coefficient (Wildman–Crippen LogP) is 25.6. The van der Waals surface area contributed by atoms with Crippen LogP contribution in [0.15, 0.2) is 311 Å². The van der Waals surface area contributed by atoms with E-state index in [4.69, 9.17) is 0 Å². The van der Waals surface area contributed by atoms with Crippen molar-refractivity contribution in [2.45, 2.75) is 62.1 Å². The van der Waals surface area contributed by atoms with Gasteiger partial charge in [-0.15, -0.1) is 0 Å². The number of pyridine rings is 7. The number of alkyl halides is 3. The lowest BCUT2D eigenvalue weighted by Gasteiger charge is -2.14. The molecule has 0 spiro atoms. The number of carbonyl (C=O) groups is 4. The van der Waals surface area contributed by atoms with Gasteiger partial charge >= 0.3 is 6.18 Å². The summed E-state index contributed by atoms with van der Waals surface area (Å²) in [4.78, 5) is 82.4. The van der Waals surface area contributed by atoms with Crippen LogP contribution < -0.4 is 21.3 Å². The maximum absolute atomic E-state index is 14.4. The molecule has 8 aromatic carbocycles. The van der Waals surface area contributed by atoms with Gasteiger partial charge in [-0.05, 0) is 218 Å². The predicted molar refractivity (Wildman–Crippen MR) is 515 cm³/mol. The molecule has 20 aromatic rings. The summed E-state index contributed by atoms with van der Waals surface area (Å²) in [6.45, 7) is 13.1. The number of halogens is 11. The molecule has 140 heavy (non-hydrogen) atoms. The number of nitrogens with zero attached hydrogens (tertiary/aromatic N) is 13. The van der Waals surface area contributed by atoms with Gasteiger partial charge in [0.15, 0.2) is 52.2 Å². The van der Waals surface area contributed by atoms with E-state index in [1.165, 1.54) is 88.4 Å². The van der Waals surface area contributed by atoms with Gasteiger partial charge in [-0.3, -0.25) is 37.9 Å². The quantitative estimate of drug-likeness (QED) is 0.0658. The lowest BCUT2D eigenvalue weighted by atomic mass is 10.0. The molecule has 0 saturated carbocycles. The average molecular weight is 1890 g/mol. The van der Waals surface area contributed by atoms with Crippen LogP contribution in [0.4, 0.5) is 71.0 Å². The minimum atomic E-state index is -4.83. The van der Waals surface area contributed by atoms with Crippen LogP contribution >= 0.6 is 0 Å². The molecule has 0 fully saturated rings. The Morgan fingerprint density at radius 2 is 0.700 bits per heavy atom. The molecule has 4 N–H and O–H groups in total. The standard InChI is InChI=1S/C27H17F5N4O.2C27H20F2N4O.C26H19F2N5O.CH4/c1-15-7-9-16(10-8-15)34-26(37)24-19(27(30,31)32)11-12-21(35-24)17-5-3-13-36-22(14-33-25(17)36)18-4-2-6-20(28)23(18)29;1-16-8-11-18(12-9-16)31-27(34)25-17(2)10-13-22(32-25)19-6-4-14-33-23(15-30-26(19)33)20-5-3-7-21(28)24(20)29;1-16-9-11-19(12-10-16)32-27(34)21-13-18(14-30-17(21)2)24-7-4-8-25-22(15-31-33(24)25)20-5-3-6-23(28)26(20)29;1-15-6-8-18(9-7-15)32-26(34)21-12-17(13-29-16(21)2)19-10-11-31-33-23(14-30-25(19)33)20-4-3-5-22(27)24(20)28;/h2-14H,1H3,(H,34,37);3-15H,1-2H3,(H,31,34);3-15H,1-2H3,(H,32,34);3-14H,1-2H3,(H,32,34);1H4.